The molecule has 0 saturated carbocycles. The summed E-state index contributed by atoms with van der Waals surface area (Å²) >= 11 is 0. The van der Waals surface area contributed by atoms with Crippen molar-refractivity contribution in [3.8, 4) is 11.6 Å². The number of amides is 2. The van der Waals surface area contributed by atoms with E-state index in [9.17, 15) is 18.4 Å². The molecule has 39 heavy (non-hydrogen) atoms. The van der Waals surface area contributed by atoms with Crippen LogP contribution in [0, 0.1) is 17.6 Å². The van der Waals surface area contributed by atoms with Gasteiger partial charge in [-0.15, -0.1) is 0 Å². The fraction of sp³-hybridized carbons (Fsp3) is 0.462. The number of nitrogens with one attached hydrogen (secondary N) is 1. The molecular formula is C26H30F2N8O3. The van der Waals surface area contributed by atoms with Gasteiger partial charge in [-0.05, 0) is 39.3 Å². The molecule has 5 rings (SSSR count). The van der Waals surface area contributed by atoms with Gasteiger partial charge >= 0.3 is 0 Å². The number of fused-ring (bicyclic) bond motifs is 1. The number of rotatable bonds is 6. The van der Waals surface area contributed by atoms with Crippen LogP contribution in [-0.4, -0.2) is 77.6 Å². The maximum Gasteiger partial charge on any atom is 0.242 e. The Morgan fingerprint density at radius 2 is 1.95 bits per heavy atom. The molecule has 2 aromatic heterocycles. The highest BCUT2D eigenvalue weighted by Crippen LogP contribution is 2.28. The standard InChI is InChI=1S/C26H30F2N8O3/c1-16(24(37)33-21-12-30-23(13-29-21)39-20-5-4-18(27)11-19(20)28)34-8-9-35(26(2,3)14-34)25(38)17-6-7-36-22(10-17)31-15-32-36/h4-5,11-13,15-17H,6-10,14H2,1-3H3,(H,29,33,37)/t16-,17-/m0/s1. The van der Waals surface area contributed by atoms with Crippen LogP contribution in [0.25, 0.3) is 0 Å². The number of nitrogens with zero attached hydrogens (tertiary/aromatic N) is 7. The first-order chi connectivity index (χ1) is 18.6. The fourth-order valence-electron chi connectivity index (χ4n) is 5.10. The molecule has 1 saturated heterocycles. The van der Waals surface area contributed by atoms with Gasteiger partial charge in [0.1, 0.15) is 18.0 Å². The zero-order chi connectivity index (χ0) is 27.7. The summed E-state index contributed by atoms with van der Waals surface area (Å²) in [7, 11) is 0. The van der Waals surface area contributed by atoms with Gasteiger partial charge in [-0.25, -0.2) is 23.7 Å². The van der Waals surface area contributed by atoms with Crippen molar-refractivity contribution in [2.45, 2.75) is 51.7 Å². The van der Waals surface area contributed by atoms with Gasteiger partial charge in [0.2, 0.25) is 17.7 Å². The monoisotopic (exact) mass is 540 g/mol. The lowest BCUT2D eigenvalue weighted by Crippen LogP contribution is -2.64. The zero-order valence-electron chi connectivity index (χ0n) is 22.0. The molecule has 0 unspecified atom stereocenters. The highest BCUT2D eigenvalue weighted by atomic mass is 19.1. The average molecular weight is 541 g/mol. The minimum absolute atomic E-state index is 0.00713. The number of hydrogen-bond acceptors (Lipinski definition) is 8. The van der Waals surface area contributed by atoms with Crippen molar-refractivity contribution in [1.82, 2.24) is 34.5 Å². The first kappa shape index (κ1) is 26.6. The van der Waals surface area contributed by atoms with Crippen LogP contribution < -0.4 is 10.1 Å². The molecule has 1 aromatic carbocycles. The fourth-order valence-corrected chi connectivity index (χ4v) is 5.10. The molecule has 0 bridgehead atoms. The van der Waals surface area contributed by atoms with Crippen molar-refractivity contribution in [2.24, 2.45) is 5.92 Å². The highest BCUT2D eigenvalue weighted by molar-refractivity contribution is 5.93. The molecule has 1 fully saturated rings. The largest absolute Gasteiger partial charge is 0.434 e. The number of anilines is 1. The maximum absolute atomic E-state index is 13.8. The van der Waals surface area contributed by atoms with Crippen molar-refractivity contribution >= 4 is 17.6 Å². The number of aryl methyl sites for hydroxylation is 1. The van der Waals surface area contributed by atoms with Gasteiger partial charge in [0.25, 0.3) is 0 Å². The molecule has 2 atom stereocenters. The number of carbonyl (C=O) groups excluding carboxylic acids is 2. The quantitative estimate of drug-likeness (QED) is 0.507. The summed E-state index contributed by atoms with van der Waals surface area (Å²) in [5, 5.41) is 6.93. The van der Waals surface area contributed by atoms with Crippen LogP contribution in [0.5, 0.6) is 11.6 Å². The maximum atomic E-state index is 13.8. The molecule has 2 amide bonds. The van der Waals surface area contributed by atoms with Crippen LogP contribution in [0.1, 0.15) is 33.0 Å². The zero-order valence-corrected chi connectivity index (χ0v) is 22.0. The Morgan fingerprint density at radius 1 is 1.13 bits per heavy atom. The highest BCUT2D eigenvalue weighted by Gasteiger charge is 2.42. The van der Waals surface area contributed by atoms with E-state index in [0.29, 0.717) is 38.7 Å². The van der Waals surface area contributed by atoms with Crippen molar-refractivity contribution in [1.29, 1.82) is 0 Å². The number of piperazine rings is 1. The van der Waals surface area contributed by atoms with E-state index < -0.39 is 23.2 Å². The minimum atomic E-state index is -0.865. The summed E-state index contributed by atoms with van der Waals surface area (Å²) < 4.78 is 34.0. The lowest BCUT2D eigenvalue weighted by molar-refractivity contribution is -0.147. The van der Waals surface area contributed by atoms with Crippen LogP contribution in [-0.2, 0) is 22.6 Å². The summed E-state index contributed by atoms with van der Waals surface area (Å²) in [5.41, 5.74) is -0.469. The van der Waals surface area contributed by atoms with Crippen LogP contribution in [0.15, 0.2) is 36.9 Å². The SMILES string of the molecule is C[C@@H](C(=O)Nc1cnc(Oc2ccc(F)cc2F)cn1)N1CCN(C(=O)[C@H]2CCn3ncnc3C2)C(C)(C)C1. The van der Waals surface area contributed by atoms with Gasteiger partial charge in [-0.1, -0.05) is 0 Å². The Labute approximate surface area is 224 Å². The normalized spacial score (nSPS) is 19.7. The lowest BCUT2D eigenvalue weighted by Gasteiger charge is -2.49. The van der Waals surface area contributed by atoms with Gasteiger partial charge in [0, 0.05) is 44.6 Å². The molecule has 11 nitrogen and oxygen atoms in total. The predicted molar refractivity (Wildman–Crippen MR) is 136 cm³/mol. The van der Waals surface area contributed by atoms with E-state index >= 15 is 0 Å². The third-order valence-electron chi connectivity index (χ3n) is 7.28. The predicted octanol–water partition coefficient (Wildman–Crippen LogP) is 2.65. The Morgan fingerprint density at radius 3 is 2.67 bits per heavy atom. The van der Waals surface area contributed by atoms with Gasteiger partial charge in [0.15, 0.2) is 17.4 Å². The Hall–Kier alpha value is -4.00. The van der Waals surface area contributed by atoms with Gasteiger partial charge in [0.05, 0.1) is 24.0 Å². The Balaban J connectivity index is 1.16. The molecule has 206 valence electrons. The third kappa shape index (κ3) is 5.72. The number of halogens is 2. The van der Waals surface area contributed by atoms with Gasteiger partial charge in [-0.2, -0.15) is 5.10 Å². The summed E-state index contributed by atoms with van der Waals surface area (Å²) in [5.74, 6) is -1.02. The smallest absolute Gasteiger partial charge is 0.242 e. The first-order valence-electron chi connectivity index (χ1n) is 12.8. The molecule has 1 N–H and O–H groups in total. The van der Waals surface area contributed by atoms with E-state index in [1.165, 1.54) is 18.7 Å². The molecule has 13 heteroatoms. The number of benzene rings is 1. The molecule has 0 radical (unpaired) electrons. The number of hydrogen-bond donors (Lipinski definition) is 1. The number of aromatic nitrogens is 5. The molecule has 0 spiro atoms. The van der Waals surface area contributed by atoms with Crippen LogP contribution >= 0.6 is 0 Å². The second-order valence-electron chi connectivity index (χ2n) is 10.4. The van der Waals surface area contributed by atoms with E-state index in [2.05, 4.69) is 25.4 Å². The molecule has 0 aliphatic carbocycles. The van der Waals surface area contributed by atoms with Crippen molar-refractivity contribution in [2.75, 3.05) is 25.0 Å². The number of carbonyl (C=O) groups is 2. The first-order valence-corrected chi connectivity index (χ1v) is 12.8. The second kappa shape index (κ2) is 10.6. The van der Waals surface area contributed by atoms with Crippen LogP contribution in [0.3, 0.4) is 0 Å². The van der Waals surface area contributed by atoms with E-state index in [4.69, 9.17) is 4.74 Å². The summed E-state index contributed by atoms with van der Waals surface area (Å²) in [6, 6.07) is 2.45. The molecular weight excluding hydrogens is 510 g/mol. The van der Waals surface area contributed by atoms with E-state index in [1.807, 2.05) is 28.3 Å². The van der Waals surface area contributed by atoms with Crippen LogP contribution in [0.2, 0.25) is 0 Å². The second-order valence-corrected chi connectivity index (χ2v) is 10.4. The molecule has 2 aliphatic rings. The van der Waals surface area contributed by atoms with E-state index in [-0.39, 0.29) is 35.2 Å². The van der Waals surface area contributed by atoms with Crippen LogP contribution in [0.4, 0.5) is 14.6 Å². The van der Waals surface area contributed by atoms with E-state index in [0.717, 1.165) is 24.4 Å². The molecule has 3 aromatic rings. The average Bonchev–Trinajstić information content (AvgIpc) is 3.38. The van der Waals surface area contributed by atoms with Gasteiger partial charge < -0.3 is 15.0 Å². The van der Waals surface area contributed by atoms with Crippen molar-refractivity contribution in [3.05, 3.63) is 54.4 Å². The Kier molecular flexibility index (Phi) is 7.25. The molecule has 4 heterocycles. The summed E-state index contributed by atoms with van der Waals surface area (Å²) in [6.45, 7) is 8.11. The van der Waals surface area contributed by atoms with Crippen molar-refractivity contribution < 1.29 is 23.1 Å². The minimum Gasteiger partial charge on any atom is -0.434 e. The molecule has 2 aliphatic heterocycles. The summed E-state index contributed by atoms with van der Waals surface area (Å²) in [4.78, 5) is 42.8. The topological polar surface area (TPSA) is 118 Å². The number of ether oxygens (including phenoxy) is 1. The Bertz CT molecular complexity index is 1360. The van der Waals surface area contributed by atoms with Crippen molar-refractivity contribution in [3.63, 3.8) is 0 Å². The summed E-state index contributed by atoms with van der Waals surface area (Å²) in [6.07, 6.45) is 5.38. The van der Waals surface area contributed by atoms with E-state index in [1.54, 1.807) is 6.92 Å². The van der Waals surface area contributed by atoms with Gasteiger partial charge in [-0.3, -0.25) is 19.2 Å². The lowest BCUT2D eigenvalue weighted by atomic mass is 9.91. The third-order valence-corrected chi connectivity index (χ3v) is 7.28.